The topological polar surface area (TPSA) is 3.24 Å². The molecule has 0 saturated carbocycles. The minimum atomic E-state index is 0.0461. The molecule has 0 heterocycles. The minimum Gasteiger partial charge on any atom is -0.336 e. The van der Waals surface area contributed by atoms with Crippen molar-refractivity contribution in [2.24, 2.45) is 0 Å². The molecule has 0 aromatic heterocycles. The molecule has 0 aliphatic rings. The smallest absolute Gasteiger partial charge is 0.0416 e. The van der Waals surface area contributed by atoms with Gasteiger partial charge in [0.1, 0.15) is 0 Å². The first-order valence-corrected chi connectivity index (χ1v) is 6.81. The third-order valence-corrected chi connectivity index (χ3v) is 3.26. The van der Waals surface area contributed by atoms with E-state index in [0.29, 0.717) is 0 Å². The zero-order valence-corrected chi connectivity index (χ0v) is 12.6. The van der Waals surface area contributed by atoms with Gasteiger partial charge in [0, 0.05) is 16.9 Å². The fourth-order valence-electron chi connectivity index (χ4n) is 2.31. The van der Waals surface area contributed by atoms with Gasteiger partial charge >= 0.3 is 0 Å². The van der Waals surface area contributed by atoms with Crippen LogP contribution < -0.4 is 4.90 Å². The Morgan fingerprint density at radius 3 is 1.21 bits per heavy atom. The molecule has 0 aliphatic heterocycles. The lowest BCUT2D eigenvalue weighted by molar-refractivity contribution is 0.560. The van der Waals surface area contributed by atoms with Crippen molar-refractivity contribution in [2.45, 2.75) is 40.2 Å². The summed E-state index contributed by atoms with van der Waals surface area (Å²) in [5.74, 6) is 0. The second-order valence-corrected chi connectivity index (χ2v) is 6.18. The van der Waals surface area contributed by atoms with E-state index in [2.05, 4.69) is 88.0 Å². The van der Waals surface area contributed by atoms with Gasteiger partial charge in [0.15, 0.2) is 0 Å². The molecule has 19 heavy (non-hydrogen) atoms. The van der Waals surface area contributed by atoms with Crippen molar-refractivity contribution in [2.75, 3.05) is 4.90 Å². The maximum Gasteiger partial charge on any atom is 0.0416 e. The summed E-state index contributed by atoms with van der Waals surface area (Å²) in [5, 5.41) is 0. The zero-order valence-electron chi connectivity index (χ0n) is 12.6. The van der Waals surface area contributed by atoms with Gasteiger partial charge in [-0.3, -0.25) is 0 Å². The first-order valence-electron chi connectivity index (χ1n) is 6.81. The van der Waals surface area contributed by atoms with E-state index in [1.54, 1.807) is 0 Å². The number of nitrogens with zero attached hydrogens (tertiary/aromatic N) is 1. The molecule has 0 bridgehead atoms. The highest BCUT2D eigenvalue weighted by Crippen LogP contribution is 2.33. The lowest BCUT2D eigenvalue weighted by Gasteiger charge is -2.38. The number of anilines is 2. The fraction of sp³-hybridized carbons (Fsp3) is 0.333. The first-order chi connectivity index (χ1) is 8.88. The van der Waals surface area contributed by atoms with E-state index in [1.807, 2.05) is 0 Å². The summed E-state index contributed by atoms with van der Waals surface area (Å²) in [4.78, 5) is 2.38. The highest BCUT2D eigenvalue weighted by molar-refractivity contribution is 5.65. The van der Waals surface area contributed by atoms with Crippen molar-refractivity contribution in [3.8, 4) is 0 Å². The molecule has 0 atom stereocenters. The Balaban J connectivity index is 2.47. The van der Waals surface area contributed by atoms with Gasteiger partial charge in [0.05, 0.1) is 0 Å². The molecule has 1 heteroatoms. The Kier molecular flexibility index (Phi) is 3.66. The van der Waals surface area contributed by atoms with Crippen LogP contribution in [0, 0.1) is 13.8 Å². The van der Waals surface area contributed by atoms with Crippen LogP contribution >= 0.6 is 0 Å². The molecule has 0 amide bonds. The van der Waals surface area contributed by atoms with Crippen LogP contribution in [0.1, 0.15) is 31.9 Å². The summed E-state index contributed by atoms with van der Waals surface area (Å²) in [6, 6.07) is 17.5. The van der Waals surface area contributed by atoms with Gasteiger partial charge in [-0.25, -0.2) is 0 Å². The number of hydrogen-bond acceptors (Lipinski definition) is 1. The van der Waals surface area contributed by atoms with Crippen LogP contribution in [0.2, 0.25) is 0 Å². The Bertz CT molecular complexity index is 484. The highest BCUT2D eigenvalue weighted by Gasteiger charge is 2.23. The summed E-state index contributed by atoms with van der Waals surface area (Å²) < 4.78 is 0. The number of benzene rings is 2. The quantitative estimate of drug-likeness (QED) is 0.707. The van der Waals surface area contributed by atoms with Gasteiger partial charge in [0.2, 0.25) is 0 Å². The van der Waals surface area contributed by atoms with Crippen LogP contribution in [0.5, 0.6) is 0 Å². The van der Waals surface area contributed by atoms with Crippen molar-refractivity contribution >= 4 is 11.4 Å². The van der Waals surface area contributed by atoms with Crippen LogP contribution in [-0.2, 0) is 0 Å². The van der Waals surface area contributed by atoms with Gasteiger partial charge < -0.3 is 4.90 Å². The van der Waals surface area contributed by atoms with Gasteiger partial charge in [0.25, 0.3) is 0 Å². The average Bonchev–Trinajstić information content (AvgIpc) is 2.33. The molecule has 2 aromatic carbocycles. The Morgan fingerprint density at radius 2 is 0.947 bits per heavy atom. The van der Waals surface area contributed by atoms with E-state index in [0.717, 1.165) is 0 Å². The van der Waals surface area contributed by atoms with Crippen LogP contribution in [-0.4, -0.2) is 5.54 Å². The van der Waals surface area contributed by atoms with Gasteiger partial charge in [-0.05, 0) is 58.9 Å². The van der Waals surface area contributed by atoms with E-state index in [-0.39, 0.29) is 5.54 Å². The summed E-state index contributed by atoms with van der Waals surface area (Å²) in [5.41, 5.74) is 5.11. The van der Waals surface area contributed by atoms with E-state index >= 15 is 0 Å². The molecule has 0 saturated heterocycles. The standard InChI is InChI=1S/C18H23N/c1-14-6-10-16(11-7-14)19(18(3,4)5)17-12-8-15(2)9-13-17/h6-13H,1-5H3. The van der Waals surface area contributed by atoms with Crippen molar-refractivity contribution in [1.82, 2.24) is 0 Å². The maximum absolute atomic E-state index is 2.38. The lowest BCUT2D eigenvalue weighted by Crippen LogP contribution is -2.37. The number of aryl methyl sites for hydroxylation is 2. The third-order valence-electron chi connectivity index (χ3n) is 3.26. The minimum absolute atomic E-state index is 0.0461. The van der Waals surface area contributed by atoms with E-state index in [4.69, 9.17) is 0 Å². The van der Waals surface area contributed by atoms with Gasteiger partial charge in [-0.1, -0.05) is 35.4 Å². The van der Waals surface area contributed by atoms with Crippen molar-refractivity contribution in [1.29, 1.82) is 0 Å². The summed E-state index contributed by atoms with van der Waals surface area (Å²) >= 11 is 0. The van der Waals surface area contributed by atoms with Gasteiger partial charge in [-0.2, -0.15) is 0 Å². The van der Waals surface area contributed by atoms with Crippen LogP contribution in [0.15, 0.2) is 48.5 Å². The number of rotatable bonds is 2. The summed E-state index contributed by atoms with van der Waals surface area (Å²) in [6.07, 6.45) is 0. The summed E-state index contributed by atoms with van der Waals surface area (Å²) in [7, 11) is 0. The predicted molar refractivity (Wildman–Crippen MR) is 84.3 cm³/mol. The Hall–Kier alpha value is -1.76. The van der Waals surface area contributed by atoms with Crippen LogP contribution in [0.3, 0.4) is 0 Å². The molecule has 100 valence electrons. The summed E-state index contributed by atoms with van der Waals surface area (Å²) in [6.45, 7) is 11.0. The maximum atomic E-state index is 2.38. The monoisotopic (exact) mass is 253 g/mol. The molecule has 0 spiro atoms. The second-order valence-electron chi connectivity index (χ2n) is 6.18. The lowest BCUT2D eigenvalue weighted by atomic mass is 10.0. The van der Waals surface area contributed by atoms with Crippen molar-refractivity contribution < 1.29 is 0 Å². The third kappa shape index (κ3) is 3.17. The first kappa shape index (κ1) is 13.7. The molecule has 0 fully saturated rings. The van der Waals surface area contributed by atoms with Crippen LogP contribution in [0.4, 0.5) is 11.4 Å². The predicted octanol–water partition coefficient (Wildman–Crippen LogP) is 5.24. The van der Waals surface area contributed by atoms with Gasteiger partial charge in [-0.15, -0.1) is 0 Å². The molecular formula is C18H23N. The molecule has 2 rings (SSSR count). The van der Waals surface area contributed by atoms with E-state index in [1.165, 1.54) is 22.5 Å². The van der Waals surface area contributed by atoms with Crippen LogP contribution in [0.25, 0.3) is 0 Å². The molecule has 2 aromatic rings. The molecule has 0 aliphatic carbocycles. The SMILES string of the molecule is Cc1ccc(N(c2ccc(C)cc2)C(C)(C)C)cc1. The Labute approximate surface area is 116 Å². The largest absolute Gasteiger partial charge is 0.336 e. The zero-order chi connectivity index (χ0) is 14.0. The second kappa shape index (κ2) is 5.08. The molecule has 0 N–H and O–H groups in total. The number of hydrogen-bond donors (Lipinski definition) is 0. The normalized spacial score (nSPS) is 11.4. The van der Waals surface area contributed by atoms with E-state index < -0.39 is 0 Å². The van der Waals surface area contributed by atoms with Crippen molar-refractivity contribution in [3.05, 3.63) is 59.7 Å². The molecule has 0 radical (unpaired) electrons. The fourth-order valence-corrected chi connectivity index (χ4v) is 2.31. The Morgan fingerprint density at radius 1 is 0.632 bits per heavy atom. The average molecular weight is 253 g/mol. The molecular weight excluding hydrogens is 230 g/mol. The van der Waals surface area contributed by atoms with Crippen molar-refractivity contribution in [3.63, 3.8) is 0 Å². The highest BCUT2D eigenvalue weighted by atomic mass is 15.2. The molecule has 0 unspecified atom stereocenters. The van der Waals surface area contributed by atoms with E-state index in [9.17, 15) is 0 Å². The molecule has 1 nitrogen and oxygen atoms in total.